The van der Waals surface area contributed by atoms with Crippen molar-refractivity contribution < 1.29 is 42.2 Å². The van der Waals surface area contributed by atoms with Gasteiger partial charge in [0.15, 0.2) is 11.7 Å². The first-order valence-electron chi connectivity index (χ1n) is 9.61. The van der Waals surface area contributed by atoms with Gasteiger partial charge >= 0.3 is 12.1 Å². The number of nitrogens with one attached hydrogen (secondary N) is 1. The van der Waals surface area contributed by atoms with E-state index >= 15 is 0 Å². The standard InChI is InChI=1S/C20H21F3N2O6/c21-20(22,23)13-3-1-12(2-4-13)11-25-18(30)16(17(29)24-10-15(27)28)14(26)9-19(25)5-7-31-8-6-19/h1-4,16H,5-11H2,(H,24,29)(H,27,28). The number of Topliss-reactive ketones (excluding diaryl/α,β-unsaturated/α-hetero) is 1. The summed E-state index contributed by atoms with van der Waals surface area (Å²) in [7, 11) is 0. The van der Waals surface area contributed by atoms with E-state index in [9.17, 15) is 32.3 Å². The van der Waals surface area contributed by atoms with E-state index in [1.807, 2.05) is 0 Å². The van der Waals surface area contributed by atoms with Crippen LogP contribution in [0.15, 0.2) is 24.3 Å². The third-order valence-corrected chi connectivity index (χ3v) is 5.63. The molecule has 168 valence electrons. The number of nitrogens with zero attached hydrogens (tertiary/aromatic N) is 1. The minimum absolute atomic E-state index is 0.0903. The highest BCUT2D eigenvalue weighted by molar-refractivity contribution is 6.20. The molecule has 2 aliphatic heterocycles. The Morgan fingerprint density at radius 3 is 2.32 bits per heavy atom. The molecule has 1 atom stereocenters. The molecule has 0 aliphatic carbocycles. The molecule has 11 heteroatoms. The number of hydrogen-bond donors (Lipinski definition) is 2. The zero-order valence-electron chi connectivity index (χ0n) is 16.4. The smallest absolute Gasteiger partial charge is 0.416 e. The van der Waals surface area contributed by atoms with Gasteiger partial charge in [0.05, 0.1) is 11.1 Å². The molecule has 2 heterocycles. The fourth-order valence-corrected chi connectivity index (χ4v) is 4.00. The Morgan fingerprint density at radius 2 is 1.77 bits per heavy atom. The Balaban J connectivity index is 1.88. The predicted molar refractivity (Wildman–Crippen MR) is 98.5 cm³/mol. The number of ether oxygens (including phenoxy) is 1. The highest BCUT2D eigenvalue weighted by atomic mass is 19.4. The monoisotopic (exact) mass is 442 g/mol. The summed E-state index contributed by atoms with van der Waals surface area (Å²) in [5, 5.41) is 10.8. The van der Waals surface area contributed by atoms with Gasteiger partial charge in [-0.15, -0.1) is 0 Å². The Kier molecular flexibility index (Phi) is 6.35. The van der Waals surface area contributed by atoms with Gasteiger partial charge in [-0.1, -0.05) is 12.1 Å². The molecule has 0 aromatic heterocycles. The van der Waals surface area contributed by atoms with Crippen LogP contribution in [0.3, 0.4) is 0 Å². The van der Waals surface area contributed by atoms with Crippen molar-refractivity contribution in [3.8, 4) is 0 Å². The number of halogens is 3. The summed E-state index contributed by atoms with van der Waals surface area (Å²) in [5.41, 5.74) is -1.33. The maximum atomic E-state index is 13.2. The third kappa shape index (κ3) is 4.87. The van der Waals surface area contributed by atoms with Crippen LogP contribution < -0.4 is 5.32 Å². The van der Waals surface area contributed by atoms with Crippen LogP contribution in [0.4, 0.5) is 13.2 Å². The fraction of sp³-hybridized carbons (Fsp3) is 0.500. The molecule has 0 bridgehead atoms. The molecule has 2 N–H and O–H groups in total. The number of piperidine rings is 1. The average Bonchev–Trinajstić information content (AvgIpc) is 2.70. The first-order chi connectivity index (χ1) is 14.5. The molecule has 2 amide bonds. The van der Waals surface area contributed by atoms with E-state index < -0.39 is 53.3 Å². The van der Waals surface area contributed by atoms with E-state index in [4.69, 9.17) is 9.84 Å². The molecule has 3 rings (SSSR count). The number of alkyl halides is 3. The van der Waals surface area contributed by atoms with Crippen molar-refractivity contribution in [2.24, 2.45) is 5.92 Å². The molecule has 2 saturated heterocycles. The van der Waals surface area contributed by atoms with Crippen molar-refractivity contribution in [1.29, 1.82) is 0 Å². The Morgan fingerprint density at radius 1 is 1.16 bits per heavy atom. The number of amides is 2. The zero-order chi connectivity index (χ0) is 22.8. The Hall–Kier alpha value is -2.95. The van der Waals surface area contributed by atoms with Gasteiger partial charge in [0.25, 0.3) is 0 Å². The fourth-order valence-electron chi connectivity index (χ4n) is 4.00. The number of ketones is 1. The van der Waals surface area contributed by atoms with Crippen LogP contribution in [0.2, 0.25) is 0 Å². The van der Waals surface area contributed by atoms with Crippen molar-refractivity contribution in [2.75, 3.05) is 19.8 Å². The second-order valence-corrected chi connectivity index (χ2v) is 7.64. The number of rotatable bonds is 5. The van der Waals surface area contributed by atoms with E-state index in [0.29, 0.717) is 31.6 Å². The predicted octanol–water partition coefficient (Wildman–Crippen LogP) is 1.37. The van der Waals surface area contributed by atoms with Crippen LogP contribution in [-0.2, 0) is 36.6 Å². The summed E-state index contributed by atoms with van der Waals surface area (Å²) in [6, 6.07) is 4.31. The van der Waals surface area contributed by atoms with Gasteiger partial charge in [0.2, 0.25) is 11.8 Å². The van der Waals surface area contributed by atoms with E-state index in [1.54, 1.807) is 0 Å². The van der Waals surface area contributed by atoms with Gasteiger partial charge in [-0.05, 0) is 30.5 Å². The van der Waals surface area contributed by atoms with Gasteiger partial charge < -0.3 is 20.1 Å². The highest BCUT2D eigenvalue weighted by Crippen LogP contribution is 2.39. The first kappa shape index (κ1) is 22.7. The number of carboxylic acids is 1. The summed E-state index contributed by atoms with van der Waals surface area (Å²) >= 11 is 0. The number of hydrogen-bond acceptors (Lipinski definition) is 5. The molecule has 1 aromatic rings. The van der Waals surface area contributed by atoms with Crippen molar-refractivity contribution in [3.63, 3.8) is 0 Å². The van der Waals surface area contributed by atoms with Crippen LogP contribution in [-0.4, -0.2) is 58.9 Å². The van der Waals surface area contributed by atoms with Crippen LogP contribution in [0, 0.1) is 5.92 Å². The van der Waals surface area contributed by atoms with Gasteiger partial charge in [-0.25, -0.2) is 0 Å². The number of aliphatic carboxylic acids is 1. The molecule has 2 aliphatic rings. The van der Waals surface area contributed by atoms with Crippen LogP contribution in [0.25, 0.3) is 0 Å². The lowest BCUT2D eigenvalue weighted by Gasteiger charge is -2.50. The van der Waals surface area contributed by atoms with E-state index in [2.05, 4.69) is 5.32 Å². The molecule has 0 saturated carbocycles. The van der Waals surface area contributed by atoms with Crippen molar-refractivity contribution >= 4 is 23.6 Å². The highest BCUT2D eigenvalue weighted by Gasteiger charge is 2.53. The maximum absolute atomic E-state index is 13.2. The minimum atomic E-state index is -4.50. The number of carbonyl (C=O) groups is 4. The van der Waals surface area contributed by atoms with Crippen molar-refractivity contribution in [2.45, 2.75) is 37.5 Å². The second kappa shape index (κ2) is 8.66. The molecule has 2 fully saturated rings. The minimum Gasteiger partial charge on any atom is -0.480 e. The molecule has 1 unspecified atom stereocenters. The molecular weight excluding hydrogens is 421 g/mol. The molecular formula is C20H21F3N2O6. The van der Waals surface area contributed by atoms with Gasteiger partial charge in [0.1, 0.15) is 6.54 Å². The molecule has 1 spiro atoms. The lowest BCUT2D eigenvalue weighted by Crippen LogP contribution is -2.64. The maximum Gasteiger partial charge on any atom is 0.416 e. The Labute approximate surface area is 175 Å². The molecule has 0 radical (unpaired) electrons. The SMILES string of the molecule is O=C(O)CNC(=O)C1C(=O)CC2(CCOCC2)N(Cc2ccc(C(F)(F)F)cc2)C1=O. The van der Waals surface area contributed by atoms with Gasteiger partial charge in [0, 0.05) is 26.2 Å². The Bertz CT molecular complexity index is 878. The van der Waals surface area contributed by atoms with E-state index in [-0.39, 0.29) is 13.0 Å². The molecule has 31 heavy (non-hydrogen) atoms. The van der Waals surface area contributed by atoms with Crippen molar-refractivity contribution in [1.82, 2.24) is 10.2 Å². The van der Waals surface area contributed by atoms with Gasteiger partial charge in [-0.3, -0.25) is 19.2 Å². The van der Waals surface area contributed by atoms with Gasteiger partial charge in [-0.2, -0.15) is 13.2 Å². The first-order valence-corrected chi connectivity index (χ1v) is 9.61. The lowest BCUT2D eigenvalue weighted by molar-refractivity contribution is -0.164. The molecule has 1 aromatic carbocycles. The number of carbonyl (C=O) groups excluding carboxylic acids is 3. The number of likely N-dealkylation sites (tertiary alicyclic amines) is 1. The second-order valence-electron chi connectivity index (χ2n) is 7.64. The summed E-state index contributed by atoms with van der Waals surface area (Å²) in [6.45, 7) is -0.249. The lowest BCUT2D eigenvalue weighted by atomic mass is 9.75. The summed E-state index contributed by atoms with van der Waals surface area (Å²) in [4.78, 5) is 50.3. The quantitative estimate of drug-likeness (QED) is 0.666. The molecule has 8 nitrogen and oxygen atoms in total. The average molecular weight is 442 g/mol. The topological polar surface area (TPSA) is 113 Å². The van der Waals surface area contributed by atoms with E-state index in [0.717, 1.165) is 12.1 Å². The largest absolute Gasteiger partial charge is 0.480 e. The van der Waals surface area contributed by atoms with Crippen LogP contribution in [0.1, 0.15) is 30.4 Å². The summed E-state index contributed by atoms with van der Waals surface area (Å²) in [5.74, 6) is -5.43. The zero-order valence-corrected chi connectivity index (χ0v) is 16.4. The third-order valence-electron chi connectivity index (χ3n) is 5.63. The number of carboxylic acid groups (broad SMARTS) is 1. The van der Waals surface area contributed by atoms with Crippen LogP contribution in [0.5, 0.6) is 0 Å². The van der Waals surface area contributed by atoms with Crippen LogP contribution >= 0.6 is 0 Å². The number of benzene rings is 1. The van der Waals surface area contributed by atoms with Crippen molar-refractivity contribution in [3.05, 3.63) is 35.4 Å². The van der Waals surface area contributed by atoms with E-state index in [1.165, 1.54) is 17.0 Å². The normalized spacial score (nSPS) is 21.3. The summed E-state index contributed by atoms with van der Waals surface area (Å²) < 4.78 is 43.8. The summed E-state index contributed by atoms with van der Waals surface area (Å²) in [6.07, 6.45) is -3.93.